The molecule has 0 aliphatic heterocycles. The Morgan fingerprint density at radius 2 is 0.955 bits per heavy atom. The first-order valence-electron chi connectivity index (χ1n) is 8.43. The number of fused-ring (bicyclic) bond motifs is 2. The maximum absolute atomic E-state index is 10.7. The molecule has 0 radical (unpaired) electrons. The van der Waals surface area contributed by atoms with Crippen molar-refractivity contribution in [3.05, 3.63) is 46.5 Å². The molecule has 114 valence electrons. The van der Waals surface area contributed by atoms with E-state index in [2.05, 4.69) is 12.1 Å². The van der Waals surface area contributed by atoms with Gasteiger partial charge in [-0.3, -0.25) is 0 Å². The molecule has 0 unspecified atom stereocenters. The number of aryl methyl sites for hydroxylation is 2. The van der Waals surface area contributed by atoms with Crippen LogP contribution in [0.15, 0.2) is 24.3 Å². The Bertz CT molecular complexity index is 667. The van der Waals surface area contributed by atoms with Crippen LogP contribution in [0.3, 0.4) is 0 Å². The van der Waals surface area contributed by atoms with Crippen LogP contribution in [0.25, 0.3) is 11.1 Å². The number of hydrogen-bond acceptors (Lipinski definition) is 2. The van der Waals surface area contributed by atoms with Gasteiger partial charge in [-0.05, 0) is 73.6 Å². The minimum atomic E-state index is 0.378. The van der Waals surface area contributed by atoms with E-state index in [-0.39, 0.29) is 0 Å². The van der Waals surface area contributed by atoms with E-state index < -0.39 is 0 Å². The zero-order valence-corrected chi connectivity index (χ0v) is 12.9. The molecule has 2 heteroatoms. The molecular weight excluding hydrogens is 272 g/mol. The van der Waals surface area contributed by atoms with E-state index in [9.17, 15) is 10.2 Å². The predicted molar refractivity (Wildman–Crippen MR) is 88.5 cm³/mol. The standard InChI is InChI=1S/C20H22O2/c21-19-15-7-3-1-5-13(15)9-11-17(19)18-12-10-14-6-2-4-8-16(14)20(18)22/h9-12,21-22H,1-8H2. The van der Waals surface area contributed by atoms with Crippen LogP contribution in [0.2, 0.25) is 0 Å². The first-order valence-corrected chi connectivity index (χ1v) is 8.43. The molecule has 0 heterocycles. The molecule has 0 saturated heterocycles. The van der Waals surface area contributed by atoms with E-state index in [4.69, 9.17) is 0 Å². The molecule has 2 aliphatic carbocycles. The van der Waals surface area contributed by atoms with Gasteiger partial charge in [-0.15, -0.1) is 0 Å². The predicted octanol–water partition coefficient (Wildman–Crippen LogP) is 4.52. The molecule has 0 bridgehead atoms. The van der Waals surface area contributed by atoms with Crippen molar-refractivity contribution in [2.45, 2.75) is 51.4 Å². The molecule has 22 heavy (non-hydrogen) atoms. The van der Waals surface area contributed by atoms with Crippen molar-refractivity contribution in [2.24, 2.45) is 0 Å². The third-order valence-electron chi connectivity index (χ3n) is 5.30. The fourth-order valence-corrected chi connectivity index (χ4v) is 4.05. The first kappa shape index (κ1) is 13.7. The van der Waals surface area contributed by atoms with Gasteiger partial charge >= 0.3 is 0 Å². The number of phenols is 2. The van der Waals surface area contributed by atoms with Gasteiger partial charge in [-0.25, -0.2) is 0 Å². The average molecular weight is 294 g/mol. The number of rotatable bonds is 1. The van der Waals surface area contributed by atoms with Gasteiger partial charge in [-0.2, -0.15) is 0 Å². The van der Waals surface area contributed by atoms with Crippen LogP contribution in [-0.4, -0.2) is 10.2 Å². The molecule has 0 atom stereocenters. The smallest absolute Gasteiger partial charge is 0.126 e. The lowest BCUT2D eigenvalue weighted by atomic mass is 9.85. The second-order valence-corrected chi connectivity index (χ2v) is 6.61. The summed E-state index contributed by atoms with van der Waals surface area (Å²) in [4.78, 5) is 0. The highest BCUT2D eigenvalue weighted by Gasteiger charge is 2.21. The van der Waals surface area contributed by atoms with Crippen LogP contribution < -0.4 is 0 Å². The van der Waals surface area contributed by atoms with E-state index in [1.165, 1.54) is 24.0 Å². The lowest BCUT2D eigenvalue weighted by molar-refractivity contribution is 0.456. The fraction of sp³-hybridized carbons (Fsp3) is 0.400. The third kappa shape index (κ3) is 2.09. The van der Waals surface area contributed by atoms with Crippen LogP contribution >= 0.6 is 0 Å². The zero-order chi connectivity index (χ0) is 15.1. The lowest BCUT2D eigenvalue weighted by Crippen LogP contribution is -2.05. The summed E-state index contributed by atoms with van der Waals surface area (Å²) in [5, 5.41) is 21.4. The summed E-state index contributed by atoms with van der Waals surface area (Å²) >= 11 is 0. The van der Waals surface area contributed by atoms with Gasteiger partial charge in [0.1, 0.15) is 11.5 Å². The van der Waals surface area contributed by atoms with Gasteiger partial charge in [0.2, 0.25) is 0 Å². The van der Waals surface area contributed by atoms with Gasteiger partial charge in [0.25, 0.3) is 0 Å². The van der Waals surface area contributed by atoms with Crippen molar-refractivity contribution in [2.75, 3.05) is 0 Å². The average Bonchev–Trinajstić information content (AvgIpc) is 2.57. The van der Waals surface area contributed by atoms with E-state index in [1.54, 1.807) is 0 Å². The van der Waals surface area contributed by atoms with Crippen molar-refractivity contribution in [3.8, 4) is 22.6 Å². The van der Waals surface area contributed by atoms with E-state index >= 15 is 0 Å². The Morgan fingerprint density at radius 1 is 0.545 bits per heavy atom. The molecule has 4 rings (SSSR count). The van der Waals surface area contributed by atoms with Gasteiger partial charge in [0.05, 0.1) is 0 Å². The minimum absolute atomic E-state index is 0.378. The maximum Gasteiger partial charge on any atom is 0.126 e. The SMILES string of the molecule is Oc1c(-c2ccc3c(c2O)CCCC3)ccc2c1CCCC2. The fourth-order valence-electron chi connectivity index (χ4n) is 4.05. The molecular formula is C20H22O2. The summed E-state index contributed by atoms with van der Waals surface area (Å²) in [5.41, 5.74) is 6.27. The second kappa shape index (κ2) is 5.35. The van der Waals surface area contributed by atoms with Crippen LogP contribution in [0, 0.1) is 0 Å². The van der Waals surface area contributed by atoms with Crippen molar-refractivity contribution in [1.82, 2.24) is 0 Å². The molecule has 0 amide bonds. The number of hydrogen-bond donors (Lipinski definition) is 2. The van der Waals surface area contributed by atoms with Crippen LogP contribution in [-0.2, 0) is 25.7 Å². The monoisotopic (exact) mass is 294 g/mol. The zero-order valence-electron chi connectivity index (χ0n) is 12.9. The second-order valence-electron chi connectivity index (χ2n) is 6.61. The molecule has 0 fully saturated rings. The normalized spacial score (nSPS) is 16.9. The highest BCUT2D eigenvalue weighted by molar-refractivity contribution is 5.79. The molecule has 2 nitrogen and oxygen atoms in total. The van der Waals surface area contributed by atoms with E-state index in [1.807, 2.05) is 12.1 Å². The molecule has 2 aromatic carbocycles. The molecule has 2 aliphatic rings. The van der Waals surface area contributed by atoms with Gasteiger partial charge in [0, 0.05) is 11.1 Å². The molecule has 0 aromatic heterocycles. The number of phenolic OH excluding ortho intramolecular Hbond substituents is 2. The summed E-state index contributed by atoms with van der Waals surface area (Å²) in [5.74, 6) is 0.756. The Balaban J connectivity index is 1.86. The Kier molecular flexibility index (Phi) is 3.33. The Hall–Kier alpha value is -1.96. The highest BCUT2D eigenvalue weighted by atomic mass is 16.3. The van der Waals surface area contributed by atoms with Crippen molar-refractivity contribution in [1.29, 1.82) is 0 Å². The van der Waals surface area contributed by atoms with Crippen LogP contribution in [0.4, 0.5) is 0 Å². The maximum atomic E-state index is 10.7. The molecule has 2 aromatic rings. The van der Waals surface area contributed by atoms with E-state index in [0.29, 0.717) is 11.5 Å². The summed E-state index contributed by atoms with van der Waals surface area (Å²) < 4.78 is 0. The van der Waals surface area contributed by atoms with Crippen molar-refractivity contribution < 1.29 is 10.2 Å². The van der Waals surface area contributed by atoms with Gasteiger partial charge < -0.3 is 10.2 Å². The quantitative estimate of drug-likeness (QED) is 0.811. The lowest BCUT2D eigenvalue weighted by Gasteiger charge is -2.22. The molecule has 0 saturated carbocycles. The number of benzene rings is 2. The largest absolute Gasteiger partial charge is 0.507 e. The van der Waals surface area contributed by atoms with Gasteiger partial charge in [0.15, 0.2) is 0 Å². The minimum Gasteiger partial charge on any atom is -0.507 e. The summed E-state index contributed by atoms with van der Waals surface area (Å²) in [6.07, 6.45) is 8.69. The highest BCUT2D eigenvalue weighted by Crippen LogP contribution is 2.43. The summed E-state index contributed by atoms with van der Waals surface area (Å²) in [6, 6.07) is 8.21. The van der Waals surface area contributed by atoms with E-state index in [0.717, 1.165) is 60.8 Å². The number of aromatic hydroxyl groups is 2. The topological polar surface area (TPSA) is 40.5 Å². The van der Waals surface area contributed by atoms with Crippen molar-refractivity contribution in [3.63, 3.8) is 0 Å². The van der Waals surface area contributed by atoms with Crippen LogP contribution in [0.1, 0.15) is 47.9 Å². The first-order chi connectivity index (χ1) is 10.8. The summed E-state index contributed by atoms with van der Waals surface area (Å²) in [7, 11) is 0. The molecule has 0 spiro atoms. The molecule has 2 N–H and O–H groups in total. The Labute approximate surface area is 131 Å². The Morgan fingerprint density at radius 3 is 1.41 bits per heavy atom. The summed E-state index contributed by atoms with van der Waals surface area (Å²) in [6.45, 7) is 0. The van der Waals surface area contributed by atoms with Crippen molar-refractivity contribution >= 4 is 0 Å². The van der Waals surface area contributed by atoms with Gasteiger partial charge in [-0.1, -0.05) is 24.3 Å². The van der Waals surface area contributed by atoms with Crippen LogP contribution in [0.5, 0.6) is 11.5 Å². The third-order valence-corrected chi connectivity index (χ3v) is 5.30.